The Balaban J connectivity index is 2.12. The van der Waals surface area contributed by atoms with Crippen LogP contribution in [0.4, 0.5) is 5.13 Å². The summed E-state index contributed by atoms with van der Waals surface area (Å²) in [6.07, 6.45) is 0. The fourth-order valence-corrected chi connectivity index (χ4v) is 2.93. The van der Waals surface area contributed by atoms with E-state index in [0.29, 0.717) is 11.0 Å². The second-order valence-corrected chi connectivity index (χ2v) is 5.37. The number of thiazole rings is 1. The van der Waals surface area contributed by atoms with E-state index < -0.39 is 0 Å². The Labute approximate surface area is 115 Å². The highest BCUT2D eigenvalue weighted by Crippen LogP contribution is 2.30. The molecule has 2 rings (SSSR count). The summed E-state index contributed by atoms with van der Waals surface area (Å²) >= 11 is 13.3. The quantitative estimate of drug-likeness (QED) is 0.784. The maximum Gasteiger partial charge on any atom is 0.187 e. The molecular formula is C12H12Cl2N2S. The smallest absolute Gasteiger partial charge is 0.187 e. The van der Waals surface area contributed by atoms with Crippen molar-refractivity contribution in [1.29, 1.82) is 0 Å². The van der Waals surface area contributed by atoms with Crippen LogP contribution in [0.25, 0.3) is 0 Å². The molecule has 0 bridgehead atoms. The molecular weight excluding hydrogens is 275 g/mol. The summed E-state index contributed by atoms with van der Waals surface area (Å²) in [6, 6.07) is 10.3. The summed E-state index contributed by atoms with van der Waals surface area (Å²) in [5, 5.41) is 1.41. The Bertz CT molecular complexity index is 485. The van der Waals surface area contributed by atoms with Crippen molar-refractivity contribution in [2.24, 2.45) is 0 Å². The van der Waals surface area contributed by atoms with Gasteiger partial charge in [-0.3, -0.25) is 0 Å². The molecule has 90 valence electrons. The van der Waals surface area contributed by atoms with Crippen molar-refractivity contribution in [2.75, 3.05) is 11.9 Å². The lowest BCUT2D eigenvalue weighted by Gasteiger charge is -2.15. The molecule has 1 aromatic heterocycles. The fraction of sp³-hybridized carbons (Fsp3) is 0.250. The van der Waals surface area contributed by atoms with Crippen molar-refractivity contribution in [2.45, 2.75) is 12.4 Å². The number of hydrogen-bond donors (Lipinski definition) is 0. The highest BCUT2D eigenvalue weighted by atomic mass is 35.5. The third kappa shape index (κ3) is 3.12. The third-order valence-electron chi connectivity index (χ3n) is 2.35. The molecule has 2 nitrogen and oxygen atoms in total. The monoisotopic (exact) mass is 286 g/mol. The highest BCUT2D eigenvalue weighted by molar-refractivity contribution is 7.16. The van der Waals surface area contributed by atoms with E-state index in [2.05, 4.69) is 22.0 Å². The maximum atomic E-state index is 5.98. The fourth-order valence-electron chi connectivity index (χ4n) is 1.49. The van der Waals surface area contributed by atoms with Crippen molar-refractivity contribution in [3.63, 3.8) is 0 Å². The minimum atomic E-state index is 0.412. The molecule has 1 heterocycles. The van der Waals surface area contributed by atoms with Gasteiger partial charge in [0.15, 0.2) is 5.13 Å². The predicted molar refractivity (Wildman–Crippen MR) is 75.2 cm³/mol. The van der Waals surface area contributed by atoms with Gasteiger partial charge in [0, 0.05) is 13.6 Å². The third-order valence-corrected chi connectivity index (χ3v) is 4.37. The average molecular weight is 287 g/mol. The molecule has 0 atom stereocenters. The van der Waals surface area contributed by atoms with Crippen LogP contribution in [0.5, 0.6) is 0 Å². The molecule has 0 saturated heterocycles. The van der Waals surface area contributed by atoms with Gasteiger partial charge in [-0.15, -0.1) is 11.6 Å². The van der Waals surface area contributed by atoms with E-state index in [1.807, 2.05) is 25.2 Å². The van der Waals surface area contributed by atoms with Crippen LogP contribution >= 0.6 is 34.5 Å². The first-order valence-electron chi connectivity index (χ1n) is 5.17. The van der Waals surface area contributed by atoms with Gasteiger partial charge in [0.1, 0.15) is 5.15 Å². The number of anilines is 1. The molecule has 5 heteroatoms. The number of rotatable bonds is 4. The van der Waals surface area contributed by atoms with Crippen LogP contribution in [0.3, 0.4) is 0 Å². The molecule has 1 aromatic carbocycles. The largest absolute Gasteiger partial charge is 0.347 e. The van der Waals surface area contributed by atoms with Crippen LogP contribution in [0.2, 0.25) is 5.15 Å². The molecule has 0 fully saturated rings. The molecule has 0 unspecified atom stereocenters. The van der Waals surface area contributed by atoms with Crippen molar-refractivity contribution in [3.05, 3.63) is 45.9 Å². The number of benzene rings is 1. The predicted octanol–water partition coefficient (Wildman–Crippen LogP) is 4.17. The topological polar surface area (TPSA) is 16.1 Å². The molecule has 0 aliphatic carbocycles. The van der Waals surface area contributed by atoms with E-state index in [4.69, 9.17) is 23.2 Å². The van der Waals surface area contributed by atoms with Gasteiger partial charge in [0.2, 0.25) is 0 Å². The minimum absolute atomic E-state index is 0.412. The van der Waals surface area contributed by atoms with Crippen LogP contribution < -0.4 is 4.90 Å². The molecule has 0 saturated carbocycles. The number of halogens is 2. The van der Waals surface area contributed by atoms with Gasteiger partial charge >= 0.3 is 0 Å². The zero-order chi connectivity index (χ0) is 12.3. The maximum absolute atomic E-state index is 5.98. The van der Waals surface area contributed by atoms with Gasteiger partial charge in [0.05, 0.1) is 10.8 Å². The second kappa shape index (κ2) is 5.71. The van der Waals surface area contributed by atoms with E-state index in [-0.39, 0.29) is 0 Å². The van der Waals surface area contributed by atoms with E-state index in [0.717, 1.165) is 16.6 Å². The number of aromatic nitrogens is 1. The Kier molecular flexibility index (Phi) is 4.26. The summed E-state index contributed by atoms with van der Waals surface area (Å²) in [4.78, 5) is 7.29. The number of hydrogen-bond acceptors (Lipinski definition) is 3. The summed E-state index contributed by atoms with van der Waals surface area (Å²) in [6.45, 7) is 0.812. The van der Waals surface area contributed by atoms with Crippen LogP contribution in [0, 0.1) is 0 Å². The first kappa shape index (κ1) is 12.7. The lowest BCUT2D eigenvalue weighted by atomic mass is 10.2. The van der Waals surface area contributed by atoms with Crippen LogP contribution in [-0.2, 0) is 12.4 Å². The highest BCUT2D eigenvalue weighted by Gasteiger charge is 2.11. The minimum Gasteiger partial charge on any atom is -0.347 e. The second-order valence-electron chi connectivity index (χ2n) is 3.69. The summed E-state index contributed by atoms with van der Waals surface area (Å²) in [5.41, 5.74) is 1.24. The summed E-state index contributed by atoms with van der Waals surface area (Å²) in [5.74, 6) is 0.412. The Hall–Kier alpha value is -0.770. The summed E-state index contributed by atoms with van der Waals surface area (Å²) in [7, 11) is 2.00. The molecule has 0 radical (unpaired) electrons. The molecule has 0 aliphatic heterocycles. The Morgan fingerprint density at radius 1 is 1.29 bits per heavy atom. The molecule has 0 amide bonds. The van der Waals surface area contributed by atoms with E-state index >= 15 is 0 Å². The van der Waals surface area contributed by atoms with E-state index in [1.54, 1.807) is 0 Å². The van der Waals surface area contributed by atoms with Gasteiger partial charge < -0.3 is 4.90 Å². The van der Waals surface area contributed by atoms with Gasteiger partial charge in [-0.25, -0.2) is 4.98 Å². The van der Waals surface area contributed by atoms with Crippen molar-refractivity contribution < 1.29 is 0 Å². The van der Waals surface area contributed by atoms with Crippen molar-refractivity contribution in [3.8, 4) is 0 Å². The normalized spacial score (nSPS) is 10.5. The van der Waals surface area contributed by atoms with Crippen molar-refractivity contribution >= 4 is 39.7 Å². The standard InChI is InChI=1S/C12H12Cl2N2S/c1-16(8-9-5-3-2-4-6-9)12-15-11(14)10(7-13)17-12/h2-6H,7-8H2,1H3. The number of nitrogens with zero attached hydrogens (tertiary/aromatic N) is 2. The Morgan fingerprint density at radius 3 is 2.59 bits per heavy atom. The summed E-state index contributed by atoms with van der Waals surface area (Å²) < 4.78 is 0. The van der Waals surface area contributed by atoms with E-state index in [1.165, 1.54) is 16.9 Å². The lowest BCUT2D eigenvalue weighted by molar-refractivity contribution is 0.915. The molecule has 0 spiro atoms. The van der Waals surface area contributed by atoms with Crippen molar-refractivity contribution in [1.82, 2.24) is 4.98 Å². The lowest BCUT2D eigenvalue weighted by Crippen LogP contribution is -2.15. The molecule has 0 N–H and O–H groups in total. The van der Waals surface area contributed by atoms with Gasteiger partial charge in [-0.1, -0.05) is 53.3 Å². The van der Waals surface area contributed by atoms with Gasteiger partial charge in [0.25, 0.3) is 0 Å². The SMILES string of the molecule is CN(Cc1ccccc1)c1nc(Cl)c(CCl)s1. The first-order chi connectivity index (χ1) is 8.20. The number of alkyl halides is 1. The molecule has 0 aliphatic rings. The van der Waals surface area contributed by atoms with Gasteiger partial charge in [-0.05, 0) is 5.56 Å². The molecule has 2 aromatic rings. The first-order valence-corrected chi connectivity index (χ1v) is 6.90. The zero-order valence-corrected chi connectivity index (χ0v) is 11.7. The van der Waals surface area contributed by atoms with Gasteiger partial charge in [-0.2, -0.15) is 0 Å². The van der Waals surface area contributed by atoms with Crippen LogP contribution in [-0.4, -0.2) is 12.0 Å². The van der Waals surface area contributed by atoms with Crippen LogP contribution in [0.15, 0.2) is 30.3 Å². The van der Waals surface area contributed by atoms with Crippen LogP contribution in [0.1, 0.15) is 10.4 Å². The Morgan fingerprint density at radius 2 is 2.00 bits per heavy atom. The molecule has 17 heavy (non-hydrogen) atoms. The van der Waals surface area contributed by atoms with E-state index in [9.17, 15) is 0 Å². The zero-order valence-electron chi connectivity index (χ0n) is 9.36. The average Bonchev–Trinajstić information content (AvgIpc) is 2.72.